The van der Waals surface area contributed by atoms with Crippen LogP contribution in [0.2, 0.25) is 5.02 Å². The number of hydrogen-bond acceptors (Lipinski definition) is 2. The van der Waals surface area contributed by atoms with Gasteiger partial charge in [-0.15, -0.1) is 0 Å². The molecule has 1 aromatic carbocycles. The standard InChI is InChI=1S/C15H22ClNO2/c1-12-5-6-13(11-14(12)16)7-8-15(19)17-9-3-2-4-10-18/h5-6,11,18H,2-4,7-10H2,1H3,(H,17,19). The van der Waals surface area contributed by atoms with Gasteiger partial charge in [-0.25, -0.2) is 0 Å². The Kier molecular flexibility index (Phi) is 7.53. The summed E-state index contributed by atoms with van der Waals surface area (Å²) >= 11 is 6.04. The summed E-state index contributed by atoms with van der Waals surface area (Å²) in [5.74, 6) is 0.0701. The lowest BCUT2D eigenvalue weighted by atomic mass is 10.1. The van der Waals surface area contributed by atoms with E-state index in [1.165, 1.54) is 0 Å². The maximum Gasteiger partial charge on any atom is 0.220 e. The molecular formula is C15H22ClNO2. The number of benzene rings is 1. The second kappa shape index (κ2) is 8.94. The number of rotatable bonds is 8. The molecule has 0 aromatic heterocycles. The van der Waals surface area contributed by atoms with Gasteiger partial charge in [-0.05, 0) is 49.8 Å². The molecule has 0 atom stereocenters. The lowest BCUT2D eigenvalue weighted by molar-refractivity contribution is -0.121. The lowest BCUT2D eigenvalue weighted by Crippen LogP contribution is -2.24. The van der Waals surface area contributed by atoms with Crippen molar-refractivity contribution in [3.05, 3.63) is 34.3 Å². The second-order valence-corrected chi connectivity index (χ2v) is 5.12. The van der Waals surface area contributed by atoms with Crippen LogP contribution in [0.25, 0.3) is 0 Å². The summed E-state index contributed by atoms with van der Waals surface area (Å²) in [5, 5.41) is 12.3. The van der Waals surface area contributed by atoms with E-state index < -0.39 is 0 Å². The average molecular weight is 284 g/mol. The first-order chi connectivity index (χ1) is 9.13. The summed E-state index contributed by atoms with van der Waals surface area (Å²) in [6.07, 6.45) is 3.87. The SMILES string of the molecule is Cc1ccc(CCC(=O)NCCCCCO)cc1Cl. The van der Waals surface area contributed by atoms with Crippen LogP contribution in [0, 0.1) is 6.92 Å². The van der Waals surface area contributed by atoms with Crippen LogP contribution >= 0.6 is 11.6 Å². The number of aliphatic hydroxyl groups excluding tert-OH is 1. The number of aryl methyl sites for hydroxylation is 2. The third-order valence-corrected chi connectivity index (χ3v) is 3.44. The van der Waals surface area contributed by atoms with Gasteiger partial charge in [0.15, 0.2) is 0 Å². The first-order valence-corrected chi connectivity index (χ1v) is 7.14. The Morgan fingerprint density at radius 2 is 2.11 bits per heavy atom. The van der Waals surface area contributed by atoms with Crippen LogP contribution in [0.4, 0.5) is 0 Å². The van der Waals surface area contributed by atoms with Gasteiger partial charge >= 0.3 is 0 Å². The van der Waals surface area contributed by atoms with Crippen LogP contribution in [0.5, 0.6) is 0 Å². The molecule has 0 heterocycles. The summed E-state index contributed by atoms with van der Waals surface area (Å²) < 4.78 is 0. The fourth-order valence-corrected chi connectivity index (χ4v) is 1.98. The Bertz CT molecular complexity index is 407. The molecule has 1 rings (SSSR count). The Morgan fingerprint density at radius 3 is 2.79 bits per heavy atom. The van der Waals surface area contributed by atoms with E-state index in [-0.39, 0.29) is 12.5 Å². The molecule has 106 valence electrons. The molecule has 3 nitrogen and oxygen atoms in total. The zero-order valence-electron chi connectivity index (χ0n) is 11.4. The summed E-state index contributed by atoms with van der Waals surface area (Å²) in [6.45, 7) is 2.88. The maximum absolute atomic E-state index is 11.6. The molecule has 0 saturated heterocycles. The largest absolute Gasteiger partial charge is 0.396 e. The van der Waals surface area contributed by atoms with Crippen molar-refractivity contribution in [1.29, 1.82) is 0 Å². The topological polar surface area (TPSA) is 49.3 Å². The minimum Gasteiger partial charge on any atom is -0.396 e. The number of carbonyl (C=O) groups is 1. The fourth-order valence-electron chi connectivity index (χ4n) is 1.78. The van der Waals surface area contributed by atoms with Crippen molar-refractivity contribution in [1.82, 2.24) is 5.32 Å². The van der Waals surface area contributed by atoms with Crippen LogP contribution in [0.3, 0.4) is 0 Å². The first-order valence-electron chi connectivity index (χ1n) is 6.76. The highest BCUT2D eigenvalue weighted by Crippen LogP contribution is 2.17. The first kappa shape index (κ1) is 16.0. The third-order valence-electron chi connectivity index (χ3n) is 3.03. The van der Waals surface area contributed by atoms with Gasteiger partial charge < -0.3 is 10.4 Å². The lowest BCUT2D eigenvalue weighted by Gasteiger charge is -2.06. The van der Waals surface area contributed by atoms with Gasteiger partial charge in [0.25, 0.3) is 0 Å². The van der Waals surface area contributed by atoms with Gasteiger partial charge in [0.1, 0.15) is 0 Å². The number of halogens is 1. The van der Waals surface area contributed by atoms with Crippen molar-refractivity contribution in [3.8, 4) is 0 Å². The van der Waals surface area contributed by atoms with Crippen LogP contribution in [0.15, 0.2) is 18.2 Å². The molecule has 0 fully saturated rings. The van der Waals surface area contributed by atoms with Crippen molar-refractivity contribution >= 4 is 17.5 Å². The van der Waals surface area contributed by atoms with Gasteiger partial charge in [-0.2, -0.15) is 0 Å². The molecule has 19 heavy (non-hydrogen) atoms. The Labute approximate surface area is 120 Å². The molecule has 0 unspecified atom stereocenters. The van der Waals surface area contributed by atoms with Crippen LogP contribution in [-0.4, -0.2) is 24.2 Å². The van der Waals surface area contributed by atoms with E-state index in [1.807, 2.05) is 25.1 Å². The second-order valence-electron chi connectivity index (χ2n) is 4.72. The molecule has 0 aliphatic heterocycles. The third kappa shape index (κ3) is 6.60. The van der Waals surface area contributed by atoms with Crippen LogP contribution < -0.4 is 5.32 Å². The highest BCUT2D eigenvalue weighted by molar-refractivity contribution is 6.31. The average Bonchev–Trinajstić information content (AvgIpc) is 2.40. The number of aliphatic hydroxyl groups is 1. The van der Waals surface area contributed by atoms with Gasteiger partial charge in [0.05, 0.1) is 0 Å². The molecule has 1 aromatic rings. The van der Waals surface area contributed by atoms with E-state index in [0.29, 0.717) is 19.4 Å². The number of unbranched alkanes of at least 4 members (excludes halogenated alkanes) is 2. The summed E-state index contributed by atoms with van der Waals surface area (Å²) in [7, 11) is 0. The molecule has 1 amide bonds. The highest BCUT2D eigenvalue weighted by Gasteiger charge is 2.03. The zero-order chi connectivity index (χ0) is 14.1. The number of nitrogens with one attached hydrogen (secondary N) is 1. The number of carbonyl (C=O) groups excluding carboxylic acids is 1. The molecular weight excluding hydrogens is 262 g/mol. The smallest absolute Gasteiger partial charge is 0.220 e. The van der Waals surface area contributed by atoms with Gasteiger partial charge in [-0.3, -0.25) is 4.79 Å². The van der Waals surface area contributed by atoms with E-state index in [1.54, 1.807) is 0 Å². The minimum atomic E-state index is 0.0701. The quantitative estimate of drug-likeness (QED) is 0.721. The molecule has 0 spiro atoms. The monoisotopic (exact) mass is 283 g/mol. The maximum atomic E-state index is 11.6. The van der Waals surface area contributed by atoms with Gasteiger partial charge in [0, 0.05) is 24.6 Å². The molecule has 0 radical (unpaired) electrons. The summed E-state index contributed by atoms with van der Waals surface area (Å²) in [4.78, 5) is 11.6. The summed E-state index contributed by atoms with van der Waals surface area (Å²) in [5.41, 5.74) is 2.14. The van der Waals surface area contributed by atoms with Crippen molar-refractivity contribution in [2.75, 3.05) is 13.2 Å². The van der Waals surface area contributed by atoms with Crippen molar-refractivity contribution in [3.63, 3.8) is 0 Å². The van der Waals surface area contributed by atoms with Crippen molar-refractivity contribution < 1.29 is 9.90 Å². The molecule has 2 N–H and O–H groups in total. The Hall–Kier alpha value is -1.06. The van der Waals surface area contributed by atoms with Gasteiger partial charge in [0.2, 0.25) is 5.91 Å². The predicted octanol–water partition coefficient (Wildman–Crippen LogP) is 2.86. The Morgan fingerprint density at radius 1 is 1.32 bits per heavy atom. The highest BCUT2D eigenvalue weighted by atomic mass is 35.5. The van der Waals surface area contributed by atoms with E-state index >= 15 is 0 Å². The zero-order valence-corrected chi connectivity index (χ0v) is 12.2. The molecule has 0 aliphatic rings. The van der Waals surface area contributed by atoms with E-state index in [4.69, 9.17) is 16.7 Å². The molecule has 0 aliphatic carbocycles. The van der Waals surface area contributed by atoms with Crippen molar-refractivity contribution in [2.45, 2.75) is 39.0 Å². The Balaban J connectivity index is 2.20. The number of amides is 1. The van der Waals surface area contributed by atoms with E-state index in [9.17, 15) is 4.79 Å². The molecule has 0 saturated carbocycles. The van der Waals surface area contributed by atoms with Crippen LogP contribution in [0.1, 0.15) is 36.8 Å². The minimum absolute atomic E-state index is 0.0701. The molecule has 4 heteroatoms. The molecule has 0 bridgehead atoms. The normalized spacial score (nSPS) is 10.5. The van der Waals surface area contributed by atoms with Crippen molar-refractivity contribution in [2.24, 2.45) is 0 Å². The van der Waals surface area contributed by atoms with E-state index in [2.05, 4.69) is 5.32 Å². The fraction of sp³-hybridized carbons (Fsp3) is 0.533. The predicted molar refractivity (Wildman–Crippen MR) is 78.5 cm³/mol. The van der Waals surface area contributed by atoms with Gasteiger partial charge in [-0.1, -0.05) is 23.7 Å². The van der Waals surface area contributed by atoms with E-state index in [0.717, 1.165) is 35.4 Å². The summed E-state index contributed by atoms with van der Waals surface area (Å²) in [6, 6.07) is 5.91. The van der Waals surface area contributed by atoms with Crippen LogP contribution in [-0.2, 0) is 11.2 Å². The number of hydrogen-bond donors (Lipinski definition) is 2.